The van der Waals surface area contributed by atoms with Crippen molar-refractivity contribution in [1.82, 2.24) is 0 Å². The summed E-state index contributed by atoms with van der Waals surface area (Å²) in [6, 6.07) is 8.46. The molecular formula is C18H12OS. The van der Waals surface area contributed by atoms with Crippen LogP contribution in [-0.2, 0) is 4.79 Å². The van der Waals surface area contributed by atoms with E-state index in [1.165, 1.54) is 21.6 Å². The molecule has 0 amide bonds. The molecular weight excluding hydrogens is 264 g/mol. The predicted octanol–water partition coefficient (Wildman–Crippen LogP) is 2.67. The van der Waals surface area contributed by atoms with Crippen LogP contribution in [-0.4, -0.2) is 5.12 Å². The minimum Gasteiger partial charge on any atom is -0.282 e. The average Bonchev–Trinajstić information content (AvgIpc) is 2.91. The number of thiol groups is 1. The molecule has 0 aromatic heterocycles. The fraction of sp³-hybridized carbons (Fsp3) is 0.0556. The molecule has 2 heteroatoms. The van der Waals surface area contributed by atoms with Gasteiger partial charge in [-0.05, 0) is 44.8 Å². The van der Waals surface area contributed by atoms with Crippen molar-refractivity contribution < 1.29 is 4.79 Å². The average molecular weight is 276 g/mol. The van der Waals surface area contributed by atoms with Gasteiger partial charge in [0.25, 0.3) is 0 Å². The summed E-state index contributed by atoms with van der Waals surface area (Å²) >= 11 is 3.95. The van der Waals surface area contributed by atoms with Crippen molar-refractivity contribution in [3.63, 3.8) is 0 Å². The van der Waals surface area contributed by atoms with Crippen molar-refractivity contribution in [3.8, 4) is 0 Å². The second kappa shape index (κ2) is 4.22. The molecule has 2 aliphatic rings. The van der Waals surface area contributed by atoms with Crippen LogP contribution in [0.25, 0.3) is 34.6 Å². The molecule has 0 aliphatic heterocycles. The van der Waals surface area contributed by atoms with Crippen LogP contribution < -0.4 is 10.4 Å². The fourth-order valence-corrected chi connectivity index (χ4v) is 3.27. The number of carbonyl (C=O) groups excluding carboxylic acids is 1. The first kappa shape index (κ1) is 11.7. The summed E-state index contributed by atoms with van der Waals surface area (Å²) in [4.78, 5) is 11.5. The Morgan fingerprint density at radius 1 is 0.950 bits per heavy atom. The lowest BCUT2D eigenvalue weighted by molar-refractivity contribution is -0.106. The van der Waals surface area contributed by atoms with Gasteiger partial charge in [-0.1, -0.05) is 48.6 Å². The summed E-state index contributed by atoms with van der Waals surface area (Å²) in [6.45, 7) is 0. The molecule has 2 aromatic rings. The van der Waals surface area contributed by atoms with Crippen molar-refractivity contribution in [2.24, 2.45) is 0 Å². The third kappa shape index (κ3) is 1.55. The highest BCUT2D eigenvalue weighted by molar-refractivity contribution is 7.98. The Bertz CT molecular complexity index is 946. The van der Waals surface area contributed by atoms with E-state index >= 15 is 0 Å². The van der Waals surface area contributed by atoms with E-state index in [-0.39, 0.29) is 5.12 Å². The lowest BCUT2D eigenvalue weighted by Crippen LogP contribution is -2.12. The molecule has 0 atom stereocenters. The quantitative estimate of drug-likeness (QED) is 0.793. The molecule has 0 N–H and O–H groups in total. The van der Waals surface area contributed by atoms with Crippen molar-refractivity contribution in [2.45, 2.75) is 6.42 Å². The van der Waals surface area contributed by atoms with E-state index in [1.54, 1.807) is 0 Å². The van der Waals surface area contributed by atoms with Crippen molar-refractivity contribution in [3.05, 3.63) is 58.0 Å². The van der Waals surface area contributed by atoms with Crippen molar-refractivity contribution >= 4 is 52.3 Å². The Morgan fingerprint density at radius 3 is 2.60 bits per heavy atom. The zero-order valence-electron chi connectivity index (χ0n) is 10.8. The lowest BCUT2D eigenvalue weighted by Gasteiger charge is -2.09. The third-order valence-corrected chi connectivity index (χ3v) is 4.25. The van der Waals surface area contributed by atoms with Crippen molar-refractivity contribution in [2.75, 3.05) is 0 Å². The van der Waals surface area contributed by atoms with E-state index in [9.17, 15) is 4.79 Å². The number of fused-ring (bicyclic) bond motifs is 5. The number of allylic oxidation sites excluding steroid dienone is 2. The second-order valence-electron chi connectivity index (χ2n) is 5.08. The summed E-state index contributed by atoms with van der Waals surface area (Å²) in [7, 11) is 0. The summed E-state index contributed by atoms with van der Waals surface area (Å²) < 4.78 is 0. The minimum atomic E-state index is -0.175. The van der Waals surface area contributed by atoms with Gasteiger partial charge in [0.1, 0.15) is 0 Å². The number of hydrogen-bond acceptors (Lipinski definition) is 1. The van der Waals surface area contributed by atoms with Crippen LogP contribution in [0.5, 0.6) is 0 Å². The molecule has 20 heavy (non-hydrogen) atoms. The highest BCUT2D eigenvalue weighted by Gasteiger charge is 2.14. The van der Waals surface area contributed by atoms with Crippen LogP contribution >= 0.6 is 12.6 Å². The molecule has 2 aliphatic carbocycles. The van der Waals surface area contributed by atoms with Gasteiger partial charge in [0.15, 0.2) is 0 Å². The van der Waals surface area contributed by atoms with Crippen LogP contribution in [0.2, 0.25) is 0 Å². The highest BCUT2D eigenvalue weighted by atomic mass is 32.1. The Hall–Kier alpha value is -2.06. The smallest absolute Gasteiger partial charge is 0.216 e. The molecule has 2 aromatic carbocycles. The maximum Gasteiger partial charge on any atom is 0.216 e. The molecule has 0 radical (unpaired) electrons. The van der Waals surface area contributed by atoms with Gasteiger partial charge in [-0.2, -0.15) is 0 Å². The first-order valence-electron chi connectivity index (χ1n) is 6.64. The molecule has 0 fully saturated rings. The number of benzene rings is 2. The van der Waals surface area contributed by atoms with Gasteiger partial charge < -0.3 is 0 Å². The van der Waals surface area contributed by atoms with Gasteiger partial charge in [0.05, 0.1) is 0 Å². The zero-order chi connectivity index (χ0) is 13.7. The van der Waals surface area contributed by atoms with Gasteiger partial charge in [0.2, 0.25) is 5.12 Å². The maximum atomic E-state index is 11.5. The second-order valence-corrected chi connectivity index (χ2v) is 5.49. The lowest BCUT2D eigenvalue weighted by atomic mass is 9.95. The molecule has 0 spiro atoms. The van der Waals surface area contributed by atoms with Gasteiger partial charge in [0, 0.05) is 5.57 Å². The number of hydrogen-bond donors (Lipinski definition) is 1. The Labute approximate surface area is 122 Å². The third-order valence-electron chi connectivity index (χ3n) is 4.01. The maximum absolute atomic E-state index is 11.5. The molecule has 0 bridgehead atoms. The first-order valence-corrected chi connectivity index (χ1v) is 7.08. The zero-order valence-corrected chi connectivity index (χ0v) is 11.7. The van der Waals surface area contributed by atoms with E-state index in [1.807, 2.05) is 18.2 Å². The largest absolute Gasteiger partial charge is 0.282 e. The summed E-state index contributed by atoms with van der Waals surface area (Å²) in [5.74, 6) is 0. The topological polar surface area (TPSA) is 17.1 Å². The van der Waals surface area contributed by atoms with Crippen LogP contribution in [0.15, 0.2) is 36.4 Å². The van der Waals surface area contributed by atoms with Crippen LogP contribution in [0.4, 0.5) is 0 Å². The van der Waals surface area contributed by atoms with E-state index < -0.39 is 0 Å². The molecule has 0 unspecified atom stereocenters. The Kier molecular flexibility index (Phi) is 2.48. The summed E-state index contributed by atoms with van der Waals surface area (Å²) in [5, 5.41) is 4.54. The van der Waals surface area contributed by atoms with Crippen LogP contribution in [0.1, 0.15) is 17.5 Å². The monoisotopic (exact) mass is 276 g/mol. The van der Waals surface area contributed by atoms with Gasteiger partial charge >= 0.3 is 0 Å². The molecule has 0 saturated heterocycles. The molecule has 0 saturated carbocycles. The molecule has 1 nitrogen and oxygen atoms in total. The van der Waals surface area contributed by atoms with E-state index in [2.05, 4.69) is 49.1 Å². The molecule has 4 rings (SSSR count). The van der Waals surface area contributed by atoms with Crippen LogP contribution in [0, 0.1) is 0 Å². The van der Waals surface area contributed by atoms with Crippen LogP contribution in [0.3, 0.4) is 0 Å². The first-order chi connectivity index (χ1) is 9.75. The SMILES string of the molecule is O=C(S)C1=c2ccc3c4c(ccc3c2C=C1)=CCC=C4. The normalized spacial score (nSPS) is 15.2. The summed E-state index contributed by atoms with van der Waals surface area (Å²) in [5.41, 5.74) is 3.09. The molecule has 96 valence electrons. The Morgan fingerprint density at radius 2 is 1.75 bits per heavy atom. The van der Waals surface area contributed by atoms with E-state index in [0.29, 0.717) is 5.57 Å². The highest BCUT2D eigenvalue weighted by Crippen LogP contribution is 2.25. The van der Waals surface area contributed by atoms with Gasteiger partial charge in [-0.25, -0.2) is 0 Å². The number of rotatable bonds is 1. The van der Waals surface area contributed by atoms with Gasteiger partial charge in [-0.3, -0.25) is 4.79 Å². The minimum absolute atomic E-state index is 0.175. The van der Waals surface area contributed by atoms with E-state index in [0.717, 1.165) is 17.2 Å². The number of carbonyl (C=O) groups is 1. The predicted molar refractivity (Wildman–Crippen MR) is 87.7 cm³/mol. The van der Waals surface area contributed by atoms with Gasteiger partial charge in [-0.15, -0.1) is 12.6 Å². The standard InChI is InChI=1S/C18H12OS/c19-18(20)17-10-9-15-14-6-5-11-3-1-2-4-12(11)13(14)7-8-16(15)17/h2-10H,1H2,(H,19,20). The van der Waals surface area contributed by atoms with E-state index in [4.69, 9.17) is 0 Å². The summed E-state index contributed by atoms with van der Waals surface area (Å²) in [6.07, 6.45) is 11.5. The van der Waals surface area contributed by atoms with Crippen molar-refractivity contribution in [1.29, 1.82) is 0 Å². The fourth-order valence-electron chi connectivity index (χ4n) is 3.07. The Balaban J connectivity index is 2.17. The molecule has 0 heterocycles.